The first-order valence-corrected chi connectivity index (χ1v) is 8.88. The minimum atomic E-state index is -2.83. The van der Waals surface area contributed by atoms with Crippen LogP contribution in [0.4, 0.5) is 0 Å². The number of phenolic OH excluding ortho intramolecular Hbond substituents is 1. The van der Waals surface area contributed by atoms with Gasteiger partial charge in [0.2, 0.25) is 0 Å². The number of rotatable bonds is 2. The molecular weight excluding hydrogens is 386 g/mol. The molecule has 0 unspecified atom stereocenters. The topological polar surface area (TPSA) is 57.6 Å². The van der Waals surface area contributed by atoms with Crippen LogP contribution >= 0.6 is 31.9 Å². The average molecular weight is 399 g/mol. The molecule has 0 amide bonds. The second-order valence-electron chi connectivity index (χ2n) is 4.34. The van der Waals surface area contributed by atoms with E-state index in [1.54, 1.807) is 0 Å². The lowest BCUT2D eigenvalue weighted by Gasteiger charge is -2.26. The van der Waals surface area contributed by atoms with E-state index in [0.717, 1.165) is 5.56 Å². The van der Waals surface area contributed by atoms with E-state index in [9.17, 15) is 13.5 Å². The SMILES string of the molecule is O=S1(=O)CCN(Cc2cc(Br)c(O)c(Br)c2)CC1. The molecule has 1 aromatic carbocycles. The molecule has 0 bridgehead atoms. The molecular formula is C11H13Br2NO3S. The van der Waals surface area contributed by atoms with Gasteiger partial charge >= 0.3 is 0 Å². The molecule has 0 aliphatic carbocycles. The Kier molecular flexibility index (Phi) is 4.36. The van der Waals surface area contributed by atoms with Gasteiger partial charge in [0.25, 0.3) is 0 Å². The Labute approximate surface area is 123 Å². The predicted octanol–water partition coefficient (Wildman–Crippen LogP) is 2.15. The van der Waals surface area contributed by atoms with Gasteiger partial charge in [-0.1, -0.05) is 0 Å². The van der Waals surface area contributed by atoms with Gasteiger partial charge in [0.1, 0.15) is 5.75 Å². The molecule has 1 N–H and O–H groups in total. The number of sulfone groups is 1. The van der Waals surface area contributed by atoms with Crippen LogP contribution < -0.4 is 0 Å². The highest BCUT2D eigenvalue weighted by Gasteiger charge is 2.21. The second kappa shape index (κ2) is 5.48. The van der Waals surface area contributed by atoms with E-state index in [1.807, 2.05) is 12.1 Å². The minimum absolute atomic E-state index is 0.181. The fourth-order valence-electron chi connectivity index (χ4n) is 1.88. The largest absolute Gasteiger partial charge is 0.506 e. The summed E-state index contributed by atoms with van der Waals surface area (Å²) in [6, 6.07) is 3.70. The summed E-state index contributed by atoms with van der Waals surface area (Å²) in [5.41, 5.74) is 1.03. The van der Waals surface area contributed by atoms with Crippen molar-refractivity contribution in [2.24, 2.45) is 0 Å². The van der Waals surface area contributed by atoms with Crippen molar-refractivity contribution in [2.75, 3.05) is 24.6 Å². The molecule has 1 fully saturated rings. The molecule has 2 rings (SSSR count). The molecule has 1 aliphatic heterocycles. The fourth-order valence-corrected chi connectivity index (χ4v) is 4.43. The summed E-state index contributed by atoms with van der Waals surface area (Å²) in [4.78, 5) is 2.10. The lowest BCUT2D eigenvalue weighted by atomic mass is 10.2. The van der Waals surface area contributed by atoms with Crippen LogP contribution in [0.25, 0.3) is 0 Å². The molecule has 0 atom stereocenters. The molecule has 18 heavy (non-hydrogen) atoms. The molecule has 1 aromatic rings. The highest BCUT2D eigenvalue weighted by atomic mass is 79.9. The third kappa shape index (κ3) is 3.46. The molecule has 1 aliphatic rings. The van der Waals surface area contributed by atoms with Crippen molar-refractivity contribution in [3.63, 3.8) is 0 Å². The van der Waals surface area contributed by atoms with Crippen LogP contribution in [0.5, 0.6) is 5.75 Å². The van der Waals surface area contributed by atoms with Crippen molar-refractivity contribution in [3.8, 4) is 5.75 Å². The van der Waals surface area contributed by atoms with Crippen LogP contribution in [-0.4, -0.2) is 43.0 Å². The van der Waals surface area contributed by atoms with E-state index in [1.165, 1.54) is 0 Å². The van der Waals surface area contributed by atoms with Crippen molar-refractivity contribution in [2.45, 2.75) is 6.54 Å². The molecule has 1 saturated heterocycles. The average Bonchev–Trinajstić information content (AvgIpc) is 2.29. The number of phenols is 1. The van der Waals surface area contributed by atoms with Gasteiger partial charge in [0.15, 0.2) is 9.84 Å². The van der Waals surface area contributed by atoms with Crippen LogP contribution in [0.15, 0.2) is 21.1 Å². The first kappa shape index (κ1) is 14.3. The molecule has 0 aromatic heterocycles. The number of hydrogen-bond acceptors (Lipinski definition) is 4. The lowest BCUT2D eigenvalue weighted by molar-refractivity contribution is 0.287. The van der Waals surface area contributed by atoms with E-state index >= 15 is 0 Å². The third-order valence-electron chi connectivity index (χ3n) is 2.92. The zero-order chi connectivity index (χ0) is 13.3. The maximum absolute atomic E-state index is 11.3. The van der Waals surface area contributed by atoms with Crippen molar-refractivity contribution in [1.82, 2.24) is 4.90 Å². The maximum Gasteiger partial charge on any atom is 0.152 e. The Balaban J connectivity index is 2.07. The van der Waals surface area contributed by atoms with E-state index in [-0.39, 0.29) is 17.3 Å². The molecule has 7 heteroatoms. The highest BCUT2D eigenvalue weighted by molar-refractivity contribution is 9.11. The fraction of sp³-hybridized carbons (Fsp3) is 0.455. The quantitative estimate of drug-likeness (QED) is 0.829. The minimum Gasteiger partial charge on any atom is -0.506 e. The molecule has 4 nitrogen and oxygen atoms in total. The zero-order valence-corrected chi connectivity index (χ0v) is 13.6. The molecule has 0 saturated carbocycles. The van der Waals surface area contributed by atoms with Gasteiger partial charge in [-0.15, -0.1) is 0 Å². The van der Waals surface area contributed by atoms with Crippen molar-refractivity contribution in [1.29, 1.82) is 0 Å². The normalized spacial score (nSPS) is 19.9. The Morgan fingerprint density at radius 1 is 1.17 bits per heavy atom. The maximum atomic E-state index is 11.3. The highest BCUT2D eigenvalue weighted by Crippen LogP contribution is 2.33. The molecule has 1 heterocycles. The summed E-state index contributed by atoms with van der Waals surface area (Å²) >= 11 is 6.57. The number of hydrogen-bond donors (Lipinski definition) is 1. The Hall–Kier alpha value is -0.110. The van der Waals surface area contributed by atoms with E-state index < -0.39 is 9.84 Å². The first-order valence-electron chi connectivity index (χ1n) is 5.47. The summed E-state index contributed by atoms with van der Waals surface area (Å²) in [5.74, 6) is 0.640. The Morgan fingerprint density at radius 2 is 1.67 bits per heavy atom. The van der Waals surface area contributed by atoms with Gasteiger partial charge < -0.3 is 5.11 Å². The van der Waals surface area contributed by atoms with Gasteiger partial charge in [-0.2, -0.15) is 0 Å². The third-order valence-corrected chi connectivity index (χ3v) is 5.74. The van der Waals surface area contributed by atoms with E-state index in [2.05, 4.69) is 36.8 Å². The Bertz CT molecular complexity index is 522. The van der Waals surface area contributed by atoms with Gasteiger partial charge in [0, 0.05) is 19.6 Å². The zero-order valence-electron chi connectivity index (χ0n) is 9.57. The number of halogens is 2. The number of nitrogens with zero attached hydrogens (tertiary/aromatic N) is 1. The molecule has 100 valence electrons. The van der Waals surface area contributed by atoms with E-state index in [0.29, 0.717) is 28.6 Å². The summed E-state index contributed by atoms with van der Waals surface area (Å²) in [6.07, 6.45) is 0. The summed E-state index contributed by atoms with van der Waals surface area (Å²) in [6.45, 7) is 1.82. The van der Waals surface area contributed by atoms with Gasteiger partial charge in [-0.3, -0.25) is 4.90 Å². The number of aromatic hydroxyl groups is 1. The molecule has 0 spiro atoms. The monoisotopic (exact) mass is 397 g/mol. The summed E-state index contributed by atoms with van der Waals surface area (Å²) < 4.78 is 23.9. The standard InChI is InChI=1S/C11H13Br2NO3S/c12-9-5-8(6-10(13)11(9)15)7-14-1-3-18(16,17)4-2-14/h5-6,15H,1-4,7H2. The van der Waals surface area contributed by atoms with Crippen molar-refractivity contribution < 1.29 is 13.5 Å². The van der Waals surface area contributed by atoms with Gasteiger partial charge in [0.05, 0.1) is 20.5 Å². The number of benzene rings is 1. The predicted molar refractivity (Wildman–Crippen MR) is 77.4 cm³/mol. The van der Waals surface area contributed by atoms with Crippen molar-refractivity contribution >= 4 is 41.7 Å². The summed E-state index contributed by atoms with van der Waals surface area (Å²) in [5, 5.41) is 9.62. The second-order valence-corrected chi connectivity index (χ2v) is 8.35. The summed E-state index contributed by atoms with van der Waals surface area (Å²) in [7, 11) is -2.83. The van der Waals surface area contributed by atoms with Crippen LogP contribution in [0.1, 0.15) is 5.56 Å². The van der Waals surface area contributed by atoms with Crippen LogP contribution in [0.3, 0.4) is 0 Å². The van der Waals surface area contributed by atoms with Crippen LogP contribution in [0.2, 0.25) is 0 Å². The van der Waals surface area contributed by atoms with Gasteiger partial charge in [-0.25, -0.2) is 8.42 Å². The lowest BCUT2D eigenvalue weighted by Crippen LogP contribution is -2.39. The van der Waals surface area contributed by atoms with Crippen LogP contribution in [0, 0.1) is 0 Å². The smallest absolute Gasteiger partial charge is 0.152 e. The van der Waals surface area contributed by atoms with Crippen LogP contribution in [-0.2, 0) is 16.4 Å². The van der Waals surface area contributed by atoms with Gasteiger partial charge in [-0.05, 0) is 49.6 Å². The van der Waals surface area contributed by atoms with E-state index in [4.69, 9.17) is 0 Å². The Morgan fingerprint density at radius 3 is 2.17 bits per heavy atom. The first-order chi connectivity index (χ1) is 8.37. The van der Waals surface area contributed by atoms with Crippen molar-refractivity contribution in [3.05, 3.63) is 26.6 Å². The molecule has 0 radical (unpaired) electrons.